The molecule has 0 bridgehead atoms. The minimum Gasteiger partial charge on any atom is -0.497 e. The Balaban J connectivity index is 1.77. The third kappa shape index (κ3) is 4.08. The van der Waals surface area contributed by atoms with Crippen LogP contribution in [0.2, 0.25) is 0 Å². The molecular formula is C26H27NO7. The summed E-state index contributed by atoms with van der Waals surface area (Å²) in [6.07, 6.45) is -1.62. The van der Waals surface area contributed by atoms with E-state index in [-0.39, 0.29) is 6.54 Å². The third-order valence-corrected chi connectivity index (χ3v) is 5.94. The Labute approximate surface area is 198 Å². The van der Waals surface area contributed by atoms with Gasteiger partial charge in [0.15, 0.2) is 17.6 Å². The quantitative estimate of drug-likeness (QED) is 0.532. The van der Waals surface area contributed by atoms with Gasteiger partial charge in [-0.15, -0.1) is 0 Å². The number of hydrogen-bond donors (Lipinski definition) is 1. The molecule has 1 saturated heterocycles. The Morgan fingerprint density at radius 1 is 0.824 bits per heavy atom. The number of methoxy groups -OCH3 is 4. The van der Waals surface area contributed by atoms with Crippen LogP contribution in [0.5, 0.6) is 23.0 Å². The number of cyclic esters (lactones) is 1. The number of hydrogen-bond acceptors (Lipinski definition) is 7. The molecule has 0 saturated carbocycles. The number of nitrogens with zero attached hydrogens (tertiary/aromatic N) is 1. The summed E-state index contributed by atoms with van der Waals surface area (Å²) in [7, 11) is 6.23. The molecule has 1 heterocycles. The van der Waals surface area contributed by atoms with E-state index in [0.717, 1.165) is 5.56 Å². The van der Waals surface area contributed by atoms with Crippen LogP contribution in [0.1, 0.15) is 22.8 Å². The molecule has 8 nitrogen and oxygen atoms in total. The summed E-state index contributed by atoms with van der Waals surface area (Å²) < 4.78 is 26.9. The van der Waals surface area contributed by atoms with Gasteiger partial charge in [-0.25, -0.2) is 4.79 Å². The molecule has 0 aliphatic carbocycles. The lowest BCUT2D eigenvalue weighted by atomic mass is 9.90. The number of ether oxygens (including phenoxy) is 5. The average molecular weight is 466 g/mol. The van der Waals surface area contributed by atoms with Crippen LogP contribution in [0.3, 0.4) is 0 Å². The normalized spacial score (nSPS) is 19.5. The lowest BCUT2D eigenvalue weighted by Gasteiger charge is -2.35. The Bertz CT molecular complexity index is 1150. The van der Waals surface area contributed by atoms with E-state index in [1.54, 1.807) is 89.1 Å². The molecule has 1 fully saturated rings. The lowest BCUT2D eigenvalue weighted by molar-refractivity contribution is -0.113. The van der Waals surface area contributed by atoms with Crippen molar-refractivity contribution in [2.75, 3.05) is 28.4 Å². The summed E-state index contributed by atoms with van der Waals surface area (Å²) in [5.74, 6) is 2.37. The van der Waals surface area contributed by atoms with Gasteiger partial charge in [-0.05, 0) is 47.5 Å². The summed E-state index contributed by atoms with van der Waals surface area (Å²) >= 11 is 0. The minimum atomic E-state index is -1.79. The highest BCUT2D eigenvalue weighted by Crippen LogP contribution is 2.48. The lowest BCUT2D eigenvalue weighted by Crippen LogP contribution is -2.45. The van der Waals surface area contributed by atoms with Crippen LogP contribution < -0.4 is 18.9 Å². The highest BCUT2D eigenvalue weighted by molar-refractivity contribution is 5.72. The zero-order valence-electron chi connectivity index (χ0n) is 19.5. The topological polar surface area (TPSA) is 86.7 Å². The molecule has 0 radical (unpaired) electrons. The zero-order chi connectivity index (χ0) is 24.3. The number of amides is 1. The van der Waals surface area contributed by atoms with Crippen molar-refractivity contribution in [3.05, 3.63) is 83.4 Å². The van der Waals surface area contributed by atoms with Crippen molar-refractivity contribution in [2.24, 2.45) is 0 Å². The number of carbonyl (C=O) groups excluding carboxylic acids is 1. The second kappa shape index (κ2) is 9.52. The number of aliphatic hydroxyl groups is 1. The second-order valence-corrected chi connectivity index (χ2v) is 7.77. The molecule has 1 N–H and O–H groups in total. The summed E-state index contributed by atoms with van der Waals surface area (Å²) in [6, 6.07) is 19.3. The van der Waals surface area contributed by atoms with Gasteiger partial charge in [0, 0.05) is 5.56 Å². The molecular weight excluding hydrogens is 438 g/mol. The minimum absolute atomic E-state index is 0.0777. The fourth-order valence-electron chi connectivity index (χ4n) is 4.10. The van der Waals surface area contributed by atoms with Gasteiger partial charge in [-0.2, -0.15) is 0 Å². The van der Waals surface area contributed by atoms with E-state index < -0.39 is 17.9 Å². The van der Waals surface area contributed by atoms with Gasteiger partial charge >= 0.3 is 6.09 Å². The average Bonchev–Trinajstić information content (AvgIpc) is 3.14. The fourth-order valence-corrected chi connectivity index (χ4v) is 4.10. The summed E-state index contributed by atoms with van der Waals surface area (Å²) in [6.45, 7) is 0.0777. The molecule has 34 heavy (non-hydrogen) atoms. The van der Waals surface area contributed by atoms with Gasteiger partial charge in [0.05, 0.1) is 35.0 Å². The zero-order valence-corrected chi connectivity index (χ0v) is 19.5. The SMILES string of the molecule is COc1ccc(C2OC(=O)N(Cc3ccc(OC)c(OC)c3)C2(O)c2ccc(OC)cc2)cc1. The van der Waals surface area contributed by atoms with E-state index in [9.17, 15) is 9.90 Å². The molecule has 3 aromatic rings. The van der Waals surface area contributed by atoms with Crippen LogP contribution in [-0.4, -0.2) is 44.5 Å². The smallest absolute Gasteiger partial charge is 0.413 e. The summed E-state index contributed by atoms with van der Waals surface area (Å²) in [4.78, 5) is 14.4. The number of rotatable bonds is 8. The maximum atomic E-state index is 13.1. The van der Waals surface area contributed by atoms with Crippen molar-refractivity contribution in [1.29, 1.82) is 0 Å². The molecule has 8 heteroatoms. The van der Waals surface area contributed by atoms with E-state index in [2.05, 4.69) is 0 Å². The Morgan fingerprint density at radius 2 is 1.41 bits per heavy atom. The largest absolute Gasteiger partial charge is 0.497 e. The molecule has 3 aromatic carbocycles. The van der Waals surface area contributed by atoms with Crippen LogP contribution in [0.4, 0.5) is 4.79 Å². The fraction of sp³-hybridized carbons (Fsp3) is 0.269. The Hall–Kier alpha value is -3.91. The second-order valence-electron chi connectivity index (χ2n) is 7.77. The molecule has 2 atom stereocenters. The molecule has 4 rings (SSSR count). The van der Waals surface area contributed by atoms with Gasteiger partial charge in [0.1, 0.15) is 11.5 Å². The third-order valence-electron chi connectivity index (χ3n) is 5.94. The van der Waals surface area contributed by atoms with E-state index in [0.29, 0.717) is 34.1 Å². The molecule has 0 spiro atoms. The first kappa shape index (κ1) is 23.3. The molecule has 1 aliphatic heterocycles. The molecule has 1 amide bonds. The van der Waals surface area contributed by atoms with E-state index >= 15 is 0 Å². The predicted octanol–water partition coefficient (Wildman–Crippen LogP) is 4.26. The van der Waals surface area contributed by atoms with Crippen molar-refractivity contribution in [2.45, 2.75) is 18.4 Å². The van der Waals surface area contributed by atoms with Gasteiger partial charge in [0.2, 0.25) is 5.72 Å². The first-order chi connectivity index (χ1) is 16.4. The van der Waals surface area contributed by atoms with Crippen molar-refractivity contribution in [1.82, 2.24) is 4.90 Å². The van der Waals surface area contributed by atoms with E-state index in [1.165, 1.54) is 4.90 Å². The van der Waals surface area contributed by atoms with Crippen molar-refractivity contribution >= 4 is 6.09 Å². The van der Waals surface area contributed by atoms with Gasteiger partial charge in [-0.1, -0.05) is 30.3 Å². The van der Waals surface area contributed by atoms with Crippen molar-refractivity contribution in [3.63, 3.8) is 0 Å². The number of carbonyl (C=O) groups is 1. The first-order valence-corrected chi connectivity index (χ1v) is 10.6. The van der Waals surface area contributed by atoms with E-state index in [4.69, 9.17) is 23.7 Å². The summed E-state index contributed by atoms with van der Waals surface area (Å²) in [5, 5.41) is 12.1. The standard InChI is InChI=1S/C26H27NO7/c1-30-20-10-6-18(7-11-20)24-26(29,19-8-12-21(31-2)13-9-19)27(25(28)34-24)16-17-5-14-22(32-3)23(15-17)33-4/h5-15,24,29H,16H2,1-4H3. The van der Waals surface area contributed by atoms with Gasteiger partial charge in [-0.3, -0.25) is 4.90 Å². The Morgan fingerprint density at radius 3 is 1.97 bits per heavy atom. The van der Waals surface area contributed by atoms with Crippen LogP contribution in [0.25, 0.3) is 0 Å². The molecule has 2 unspecified atom stereocenters. The van der Waals surface area contributed by atoms with Crippen LogP contribution >= 0.6 is 0 Å². The summed E-state index contributed by atoms with van der Waals surface area (Å²) in [5.41, 5.74) is 0.0603. The van der Waals surface area contributed by atoms with Crippen molar-refractivity contribution < 1.29 is 33.6 Å². The van der Waals surface area contributed by atoms with Crippen molar-refractivity contribution in [3.8, 4) is 23.0 Å². The highest BCUT2D eigenvalue weighted by Gasteiger charge is 2.56. The van der Waals surface area contributed by atoms with Crippen LogP contribution in [0.15, 0.2) is 66.7 Å². The molecule has 0 aromatic heterocycles. The molecule has 178 valence electrons. The maximum absolute atomic E-state index is 13.1. The molecule has 1 aliphatic rings. The predicted molar refractivity (Wildman–Crippen MR) is 124 cm³/mol. The van der Waals surface area contributed by atoms with E-state index in [1.807, 2.05) is 6.07 Å². The monoisotopic (exact) mass is 465 g/mol. The van der Waals surface area contributed by atoms with Crippen LogP contribution in [-0.2, 0) is 17.0 Å². The Kier molecular flexibility index (Phi) is 6.51. The first-order valence-electron chi connectivity index (χ1n) is 10.6. The van der Waals surface area contributed by atoms with Crippen LogP contribution in [0, 0.1) is 0 Å². The number of benzene rings is 3. The van der Waals surface area contributed by atoms with Gasteiger partial charge < -0.3 is 28.8 Å². The maximum Gasteiger partial charge on any atom is 0.413 e. The van der Waals surface area contributed by atoms with Gasteiger partial charge in [0.25, 0.3) is 0 Å². The highest BCUT2D eigenvalue weighted by atomic mass is 16.6.